The molecule has 0 spiro atoms. The number of nitrogens with one attached hydrogen (secondary N) is 1. The molecule has 0 aliphatic heterocycles. The highest BCUT2D eigenvalue weighted by atomic mass is 19.4. The summed E-state index contributed by atoms with van der Waals surface area (Å²) >= 11 is 0. The monoisotopic (exact) mass is 253 g/mol. The fraction of sp³-hybridized carbons (Fsp3) is 0.833. The van der Waals surface area contributed by atoms with E-state index >= 15 is 0 Å². The van der Waals surface area contributed by atoms with Crippen LogP contribution in [0.1, 0.15) is 32.6 Å². The van der Waals surface area contributed by atoms with E-state index in [2.05, 4.69) is 16.6 Å². The van der Waals surface area contributed by atoms with Gasteiger partial charge in [-0.15, -0.1) is 6.58 Å². The summed E-state index contributed by atoms with van der Waals surface area (Å²) in [7, 11) is 0. The van der Waals surface area contributed by atoms with E-state index in [4.69, 9.17) is 0 Å². The maximum absolute atomic E-state index is 11.9. The van der Waals surface area contributed by atoms with E-state index in [0.29, 0.717) is 0 Å². The van der Waals surface area contributed by atoms with Crippen molar-refractivity contribution in [2.24, 2.45) is 0 Å². The summed E-state index contributed by atoms with van der Waals surface area (Å²) in [6, 6.07) is -0.00255. The van der Waals surface area contributed by atoms with E-state index in [1.54, 1.807) is 0 Å². The van der Waals surface area contributed by atoms with Gasteiger partial charge in [-0.3, -0.25) is 0 Å². The minimum absolute atomic E-state index is 0.00255. The van der Waals surface area contributed by atoms with E-state index < -0.39 is 12.8 Å². The molecule has 0 radical (unpaired) electrons. The molecular formula is C12H22F3NO. The minimum Gasteiger partial charge on any atom is -0.370 e. The summed E-state index contributed by atoms with van der Waals surface area (Å²) in [5.41, 5.74) is 0. The third kappa shape index (κ3) is 11.7. The van der Waals surface area contributed by atoms with E-state index in [9.17, 15) is 13.2 Å². The number of halogens is 3. The molecular weight excluding hydrogens is 231 g/mol. The highest BCUT2D eigenvalue weighted by Crippen LogP contribution is 2.14. The van der Waals surface area contributed by atoms with E-state index in [-0.39, 0.29) is 12.6 Å². The Balaban J connectivity index is 3.79. The van der Waals surface area contributed by atoms with Crippen LogP contribution in [0.2, 0.25) is 0 Å². The Bertz CT molecular complexity index is 195. The van der Waals surface area contributed by atoms with Crippen LogP contribution in [-0.4, -0.2) is 32.0 Å². The molecule has 5 heteroatoms. The molecule has 0 aromatic rings. The van der Waals surface area contributed by atoms with Crippen LogP contribution < -0.4 is 5.32 Å². The standard InChI is InChI=1S/C12H22F3NO/c1-3-5-6-7-11(16-8-4-2)9-17-10-12(13,14)15/h3,11,16H,1,4-10H2,2H3. The molecule has 102 valence electrons. The first kappa shape index (κ1) is 16.4. The van der Waals surface area contributed by atoms with Crippen LogP contribution in [0.15, 0.2) is 12.7 Å². The van der Waals surface area contributed by atoms with Crippen molar-refractivity contribution in [1.82, 2.24) is 5.32 Å². The van der Waals surface area contributed by atoms with Gasteiger partial charge in [0.25, 0.3) is 0 Å². The first-order valence-corrected chi connectivity index (χ1v) is 5.98. The van der Waals surface area contributed by atoms with Gasteiger partial charge in [-0.25, -0.2) is 0 Å². The Kier molecular flexibility index (Phi) is 9.17. The van der Waals surface area contributed by atoms with E-state index in [0.717, 1.165) is 32.2 Å². The molecule has 0 aromatic heterocycles. The average molecular weight is 253 g/mol. The van der Waals surface area contributed by atoms with Crippen LogP contribution >= 0.6 is 0 Å². The zero-order valence-corrected chi connectivity index (χ0v) is 10.4. The van der Waals surface area contributed by atoms with Crippen LogP contribution in [0.3, 0.4) is 0 Å². The van der Waals surface area contributed by atoms with Gasteiger partial charge in [0, 0.05) is 6.04 Å². The quantitative estimate of drug-likeness (QED) is 0.476. The molecule has 0 fully saturated rings. The van der Waals surface area contributed by atoms with E-state index in [1.807, 2.05) is 13.0 Å². The van der Waals surface area contributed by atoms with Gasteiger partial charge in [0.2, 0.25) is 0 Å². The summed E-state index contributed by atoms with van der Waals surface area (Å²) in [6.45, 7) is 5.37. The number of allylic oxidation sites excluding steroid dienone is 1. The first-order chi connectivity index (χ1) is 7.99. The summed E-state index contributed by atoms with van der Waals surface area (Å²) in [6.07, 6.45) is 1.13. The lowest BCUT2D eigenvalue weighted by atomic mass is 10.1. The molecule has 0 aliphatic carbocycles. The van der Waals surface area contributed by atoms with E-state index in [1.165, 1.54) is 0 Å². The maximum atomic E-state index is 11.9. The maximum Gasteiger partial charge on any atom is 0.411 e. The second kappa shape index (κ2) is 9.48. The summed E-state index contributed by atoms with van der Waals surface area (Å²) < 4.78 is 40.4. The summed E-state index contributed by atoms with van der Waals surface area (Å²) in [5.74, 6) is 0. The second-order valence-electron chi connectivity index (χ2n) is 4.00. The fourth-order valence-electron chi connectivity index (χ4n) is 1.42. The Morgan fingerprint density at radius 3 is 2.65 bits per heavy atom. The molecule has 0 amide bonds. The molecule has 17 heavy (non-hydrogen) atoms. The van der Waals surface area contributed by atoms with Gasteiger partial charge in [0.1, 0.15) is 6.61 Å². The predicted octanol–water partition coefficient (Wildman–Crippen LogP) is 3.29. The van der Waals surface area contributed by atoms with Crippen LogP contribution in [0.5, 0.6) is 0 Å². The van der Waals surface area contributed by atoms with Crippen molar-refractivity contribution in [2.75, 3.05) is 19.8 Å². The number of hydrogen-bond donors (Lipinski definition) is 1. The van der Waals surface area contributed by atoms with Gasteiger partial charge in [-0.1, -0.05) is 13.0 Å². The van der Waals surface area contributed by atoms with Crippen LogP contribution in [-0.2, 0) is 4.74 Å². The third-order valence-electron chi connectivity index (χ3n) is 2.23. The topological polar surface area (TPSA) is 21.3 Å². The van der Waals surface area contributed by atoms with Gasteiger partial charge in [-0.05, 0) is 32.2 Å². The Morgan fingerprint density at radius 1 is 1.41 bits per heavy atom. The highest BCUT2D eigenvalue weighted by Gasteiger charge is 2.27. The van der Waals surface area contributed by atoms with Crippen molar-refractivity contribution < 1.29 is 17.9 Å². The predicted molar refractivity (Wildman–Crippen MR) is 63.0 cm³/mol. The molecule has 0 heterocycles. The largest absolute Gasteiger partial charge is 0.411 e. The normalized spacial score (nSPS) is 13.6. The average Bonchev–Trinajstić information content (AvgIpc) is 2.23. The number of rotatable bonds is 10. The number of hydrogen-bond acceptors (Lipinski definition) is 2. The van der Waals surface area contributed by atoms with Gasteiger partial charge in [0.15, 0.2) is 0 Å². The molecule has 1 N–H and O–H groups in total. The van der Waals surface area contributed by atoms with Crippen molar-refractivity contribution in [3.63, 3.8) is 0 Å². The lowest BCUT2D eigenvalue weighted by Crippen LogP contribution is -2.35. The molecule has 0 aromatic carbocycles. The molecule has 0 saturated heterocycles. The third-order valence-corrected chi connectivity index (χ3v) is 2.23. The van der Waals surface area contributed by atoms with Gasteiger partial charge < -0.3 is 10.1 Å². The number of ether oxygens (including phenoxy) is 1. The summed E-state index contributed by atoms with van der Waals surface area (Å²) in [4.78, 5) is 0. The molecule has 0 saturated carbocycles. The van der Waals surface area contributed by atoms with Gasteiger partial charge in [0.05, 0.1) is 6.61 Å². The number of unbranched alkanes of at least 4 members (excludes halogenated alkanes) is 1. The highest BCUT2D eigenvalue weighted by molar-refractivity contribution is 4.71. The molecule has 0 bridgehead atoms. The van der Waals surface area contributed by atoms with Crippen LogP contribution in [0.4, 0.5) is 13.2 Å². The Morgan fingerprint density at radius 2 is 2.12 bits per heavy atom. The van der Waals surface area contributed by atoms with Crippen molar-refractivity contribution in [3.8, 4) is 0 Å². The second-order valence-corrected chi connectivity index (χ2v) is 4.00. The van der Waals surface area contributed by atoms with Gasteiger partial charge >= 0.3 is 6.18 Å². The Hall–Kier alpha value is -0.550. The smallest absolute Gasteiger partial charge is 0.370 e. The molecule has 0 aliphatic rings. The lowest BCUT2D eigenvalue weighted by molar-refractivity contribution is -0.175. The summed E-state index contributed by atoms with van der Waals surface area (Å²) in [5, 5.41) is 3.19. The van der Waals surface area contributed by atoms with Crippen LogP contribution in [0, 0.1) is 0 Å². The van der Waals surface area contributed by atoms with Crippen molar-refractivity contribution in [2.45, 2.75) is 44.8 Å². The molecule has 2 nitrogen and oxygen atoms in total. The zero-order valence-electron chi connectivity index (χ0n) is 10.4. The van der Waals surface area contributed by atoms with Crippen LogP contribution in [0.25, 0.3) is 0 Å². The van der Waals surface area contributed by atoms with Crippen molar-refractivity contribution in [1.29, 1.82) is 0 Å². The first-order valence-electron chi connectivity index (χ1n) is 5.98. The van der Waals surface area contributed by atoms with Gasteiger partial charge in [-0.2, -0.15) is 13.2 Å². The fourth-order valence-corrected chi connectivity index (χ4v) is 1.42. The number of alkyl halides is 3. The molecule has 1 atom stereocenters. The molecule has 0 rings (SSSR count). The molecule has 1 unspecified atom stereocenters. The van der Waals surface area contributed by atoms with Crippen molar-refractivity contribution >= 4 is 0 Å². The zero-order chi connectivity index (χ0) is 13.1. The SMILES string of the molecule is C=CCCCC(COCC(F)(F)F)NCCC. The Labute approximate surface area is 101 Å². The minimum atomic E-state index is -4.24. The van der Waals surface area contributed by atoms with Crippen molar-refractivity contribution in [3.05, 3.63) is 12.7 Å². The lowest BCUT2D eigenvalue weighted by Gasteiger charge is -2.18.